The first-order valence-electron chi connectivity index (χ1n) is 6.99. The van der Waals surface area contributed by atoms with E-state index in [2.05, 4.69) is 78.2 Å². The van der Waals surface area contributed by atoms with Gasteiger partial charge in [0.2, 0.25) is 0 Å². The maximum Gasteiger partial charge on any atom is -1.00 e. The average molecular weight is 435 g/mol. The summed E-state index contributed by atoms with van der Waals surface area (Å²) < 4.78 is 5.14. The number of allylic oxidation sites excluding steroid dienone is 4. The molecular weight excluding hydrogens is 410 g/mol. The van der Waals surface area contributed by atoms with Crippen LogP contribution in [0.25, 0.3) is 0 Å². The van der Waals surface area contributed by atoms with Crippen LogP contribution >= 0.6 is 0 Å². The zero-order chi connectivity index (χ0) is 15.1. The van der Waals surface area contributed by atoms with Gasteiger partial charge in [0.15, 0.2) is 0 Å². The molecular formula is C17H25Cl2GeNTi. The summed E-state index contributed by atoms with van der Waals surface area (Å²) in [5, 5.41) is 0. The SMILES string of the molecule is CC([CH]=[Ge]([CH3])[CH3])=C(C)C(C)=[C](C)[Ti+2][NH]c1ccccc1.[Cl-].[Cl-]. The van der Waals surface area contributed by atoms with Crippen LogP contribution < -0.4 is 28.6 Å². The minimum atomic E-state index is -0.881. The zero-order valence-electron chi connectivity index (χ0n) is 14.2. The van der Waals surface area contributed by atoms with Gasteiger partial charge in [-0.15, -0.1) is 0 Å². The molecule has 0 heterocycles. The van der Waals surface area contributed by atoms with E-state index in [1.54, 1.807) is 0 Å². The molecule has 120 valence electrons. The van der Waals surface area contributed by atoms with Crippen molar-refractivity contribution in [1.82, 2.24) is 0 Å². The summed E-state index contributed by atoms with van der Waals surface area (Å²) in [4.78, 5) is 2.51. The summed E-state index contributed by atoms with van der Waals surface area (Å²) in [7, 11) is 0. The van der Waals surface area contributed by atoms with Crippen molar-refractivity contribution in [2.45, 2.75) is 39.2 Å². The van der Waals surface area contributed by atoms with E-state index in [1.165, 1.54) is 26.3 Å². The second-order valence-electron chi connectivity index (χ2n) is 5.40. The third-order valence-corrected chi connectivity index (χ3v) is 7.33. The summed E-state index contributed by atoms with van der Waals surface area (Å²) in [5.74, 6) is 4.79. The Morgan fingerprint density at radius 1 is 0.955 bits per heavy atom. The number of benzene rings is 1. The molecule has 1 rings (SSSR count). The fourth-order valence-electron chi connectivity index (χ4n) is 1.90. The second-order valence-corrected chi connectivity index (χ2v) is 12.5. The van der Waals surface area contributed by atoms with Crippen molar-refractivity contribution in [3.8, 4) is 0 Å². The molecule has 22 heavy (non-hydrogen) atoms. The van der Waals surface area contributed by atoms with E-state index >= 15 is 0 Å². The van der Waals surface area contributed by atoms with Crippen molar-refractivity contribution in [2.24, 2.45) is 0 Å². The number of hydrogen-bond donors (Lipinski definition) is 1. The summed E-state index contributed by atoms with van der Waals surface area (Å²) in [5.41, 5.74) is 5.66. The smallest absolute Gasteiger partial charge is 1.00 e. The molecule has 0 aliphatic heterocycles. The van der Waals surface area contributed by atoms with E-state index in [4.69, 9.17) is 0 Å². The van der Waals surface area contributed by atoms with Gasteiger partial charge in [0.1, 0.15) is 0 Å². The molecule has 0 aromatic heterocycles. The number of rotatable bonds is 5. The van der Waals surface area contributed by atoms with Crippen LogP contribution in [0.15, 0.2) is 50.9 Å². The first-order chi connectivity index (χ1) is 9.41. The van der Waals surface area contributed by atoms with Crippen molar-refractivity contribution in [2.75, 3.05) is 3.80 Å². The zero-order valence-corrected chi connectivity index (χ0v) is 19.4. The van der Waals surface area contributed by atoms with Crippen LogP contribution in [0.1, 0.15) is 27.7 Å². The Morgan fingerprint density at radius 3 is 2.00 bits per heavy atom. The number of hydrogen-bond acceptors (Lipinski definition) is 1. The number of nitrogens with one attached hydrogen (secondary N) is 1. The summed E-state index contributed by atoms with van der Waals surface area (Å²) >= 11 is -1.17. The van der Waals surface area contributed by atoms with Gasteiger partial charge in [0.25, 0.3) is 0 Å². The van der Waals surface area contributed by atoms with Crippen LogP contribution in [-0.4, -0.2) is 18.8 Å². The third-order valence-electron chi connectivity index (χ3n) is 3.39. The van der Waals surface area contributed by atoms with Crippen molar-refractivity contribution < 1.29 is 44.2 Å². The van der Waals surface area contributed by atoms with Crippen LogP contribution in [0.4, 0.5) is 5.69 Å². The summed E-state index contributed by atoms with van der Waals surface area (Å²) in [6, 6.07) is 10.5. The molecule has 0 bridgehead atoms. The average Bonchev–Trinajstić information content (AvgIpc) is 2.43. The number of anilines is 1. The maximum atomic E-state index is 3.60. The predicted molar refractivity (Wildman–Crippen MR) is 90.4 cm³/mol. The molecule has 0 radical (unpaired) electrons. The molecule has 1 nitrogen and oxygen atoms in total. The van der Waals surface area contributed by atoms with Crippen LogP contribution in [0, 0.1) is 0 Å². The van der Waals surface area contributed by atoms with Gasteiger partial charge in [-0.25, -0.2) is 0 Å². The number of halogens is 2. The molecule has 0 atom stereocenters. The topological polar surface area (TPSA) is 12.0 Å². The molecule has 0 saturated heterocycles. The monoisotopic (exact) mass is 435 g/mol. The van der Waals surface area contributed by atoms with Crippen molar-refractivity contribution in [1.29, 1.82) is 0 Å². The molecule has 0 amide bonds. The van der Waals surface area contributed by atoms with Crippen LogP contribution in [0.3, 0.4) is 0 Å². The van der Waals surface area contributed by atoms with Crippen LogP contribution in [0.2, 0.25) is 11.5 Å². The van der Waals surface area contributed by atoms with Crippen molar-refractivity contribution in [3.05, 3.63) is 50.9 Å². The standard InChI is InChI=1S/C11H19Ge.C6H6N.2ClH.Ti/c1-7-9(2)11(4)10(3)8-12(5)6;7-6-4-2-1-3-5-6;;;/h8H,1-6H3;1-5,7H;2*1H;/q;-1;;;+3/p-2. The summed E-state index contributed by atoms with van der Waals surface area (Å²) in [6.45, 7) is 9.07. The molecule has 0 aliphatic rings. The Bertz CT molecular complexity index is 547. The second kappa shape index (κ2) is 12.6. The Morgan fingerprint density at radius 2 is 1.50 bits per heavy atom. The van der Waals surface area contributed by atoms with Crippen LogP contribution in [-0.2, 0) is 19.4 Å². The molecule has 0 aliphatic carbocycles. The fourth-order valence-corrected chi connectivity index (χ4v) is 5.53. The summed E-state index contributed by atoms with van der Waals surface area (Å²) in [6.07, 6.45) is 0. The Kier molecular flexibility index (Phi) is 14.0. The molecule has 0 unspecified atom stereocenters. The van der Waals surface area contributed by atoms with Gasteiger partial charge in [0.05, 0.1) is 0 Å². The Hall–Kier alpha value is 0.207. The van der Waals surface area contributed by atoms with Gasteiger partial charge in [0, 0.05) is 0 Å². The first kappa shape index (κ1) is 24.5. The van der Waals surface area contributed by atoms with Gasteiger partial charge in [-0.3, -0.25) is 0 Å². The van der Waals surface area contributed by atoms with Crippen molar-refractivity contribution in [3.63, 3.8) is 0 Å². The molecule has 0 fully saturated rings. The van der Waals surface area contributed by atoms with Crippen LogP contribution in [0.5, 0.6) is 0 Å². The largest absolute Gasteiger partial charge is 1.00 e. The van der Waals surface area contributed by atoms with Gasteiger partial charge in [-0.1, -0.05) is 0 Å². The van der Waals surface area contributed by atoms with Gasteiger partial charge in [-0.2, -0.15) is 0 Å². The number of para-hydroxylation sites is 1. The van der Waals surface area contributed by atoms with Gasteiger partial charge < -0.3 is 24.8 Å². The molecule has 0 saturated carbocycles. The maximum absolute atomic E-state index is 3.60. The van der Waals surface area contributed by atoms with Crippen molar-refractivity contribution >= 4 is 24.4 Å². The molecule has 1 aromatic carbocycles. The van der Waals surface area contributed by atoms with E-state index in [0.717, 1.165) is 0 Å². The predicted octanol–water partition coefficient (Wildman–Crippen LogP) is -1.13. The molecule has 1 N–H and O–H groups in total. The van der Waals surface area contributed by atoms with Gasteiger partial charge in [-0.05, 0) is 0 Å². The normalized spacial score (nSPS) is 11.7. The van der Waals surface area contributed by atoms with E-state index in [0.29, 0.717) is 0 Å². The van der Waals surface area contributed by atoms with E-state index in [-0.39, 0.29) is 44.2 Å². The van der Waals surface area contributed by atoms with E-state index in [1.807, 2.05) is 0 Å². The van der Waals surface area contributed by atoms with E-state index < -0.39 is 13.9 Å². The third kappa shape index (κ3) is 8.74. The Balaban J connectivity index is 0. The minimum Gasteiger partial charge on any atom is -1.00 e. The van der Waals surface area contributed by atoms with Gasteiger partial charge >= 0.3 is 138 Å². The minimum absolute atomic E-state index is 0. The molecule has 5 heteroatoms. The first-order valence-corrected chi connectivity index (χ1v) is 14.0. The molecule has 1 aromatic rings. The molecule has 0 spiro atoms. The fraction of sp³-hybridized carbons (Fsp3) is 0.353. The quantitative estimate of drug-likeness (QED) is 0.457. The van der Waals surface area contributed by atoms with E-state index in [9.17, 15) is 0 Å². The Labute approximate surface area is 161 Å².